The third-order valence-corrected chi connectivity index (χ3v) is 3.16. The molecule has 0 aliphatic rings. The summed E-state index contributed by atoms with van der Waals surface area (Å²) >= 11 is 1.62. The standard InChI is InChI=1S/C10H9NOS/c1-6-10(11)8-3-2-7(5-12)4-9(8)13-6/h2-5H,11H2,1H3. The Hall–Kier alpha value is -1.35. The van der Waals surface area contributed by atoms with E-state index in [2.05, 4.69) is 0 Å². The monoisotopic (exact) mass is 191 g/mol. The molecule has 0 saturated heterocycles. The minimum absolute atomic E-state index is 0.703. The first-order valence-electron chi connectivity index (χ1n) is 3.96. The van der Waals surface area contributed by atoms with Crippen LogP contribution >= 0.6 is 11.3 Å². The number of aryl methyl sites for hydroxylation is 1. The molecule has 2 N–H and O–H groups in total. The van der Waals surface area contributed by atoms with Crippen LogP contribution in [-0.2, 0) is 0 Å². The molecule has 3 heteroatoms. The van der Waals surface area contributed by atoms with Crippen molar-refractivity contribution in [2.75, 3.05) is 5.73 Å². The highest BCUT2D eigenvalue weighted by Gasteiger charge is 2.05. The van der Waals surface area contributed by atoms with E-state index in [0.717, 1.165) is 26.9 Å². The first-order chi connectivity index (χ1) is 6.22. The van der Waals surface area contributed by atoms with Crippen LogP contribution in [0.2, 0.25) is 0 Å². The van der Waals surface area contributed by atoms with Gasteiger partial charge in [0.25, 0.3) is 0 Å². The molecule has 66 valence electrons. The highest BCUT2D eigenvalue weighted by molar-refractivity contribution is 7.19. The lowest BCUT2D eigenvalue weighted by Gasteiger charge is -1.92. The van der Waals surface area contributed by atoms with E-state index in [9.17, 15) is 4.79 Å². The number of benzene rings is 1. The van der Waals surface area contributed by atoms with Crippen LogP contribution in [0, 0.1) is 6.92 Å². The third-order valence-electron chi connectivity index (χ3n) is 2.07. The van der Waals surface area contributed by atoms with Crippen molar-refractivity contribution in [3.8, 4) is 0 Å². The van der Waals surface area contributed by atoms with Gasteiger partial charge < -0.3 is 5.73 Å². The van der Waals surface area contributed by atoms with Crippen LogP contribution in [0.4, 0.5) is 5.69 Å². The zero-order chi connectivity index (χ0) is 9.42. The van der Waals surface area contributed by atoms with Crippen LogP contribution in [0.1, 0.15) is 15.2 Å². The number of thiophene rings is 1. The maximum Gasteiger partial charge on any atom is 0.150 e. The molecule has 0 unspecified atom stereocenters. The number of anilines is 1. The van der Waals surface area contributed by atoms with Gasteiger partial charge in [-0.3, -0.25) is 4.79 Å². The molecule has 1 aromatic heterocycles. The summed E-state index contributed by atoms with van der Waals surface area (Å²) in [6.45, 7) is 1.99. The van der Waals surface area contributed by atoms with Crippen molar-refractivity contribution in [2.24, 2.45) is 0 Å². The van der Waals surface area contributed by atoms with Gasteiger partial charge in [0, 0.05) is 20.5 Å². The average Bonchev–Trinajstić information content (AvgIpc) is 2.42. The molecule has 0 saturated carbocycles. The Labute approximate surface area is 80.0 Å². The number of carbonyl (C=O) groups is 1. The quantitative estimate of drug-likeness (QED) is 0.704. The summed E-state index contributed by atoms with van der Waals surface area (Å²) in [6.07, 6.45) is 0.852. The number of fused-ring (bicyclic) bond motifs is 1. The molecule has 0 radical (unpaired) electrons. The van der Waals surface area contributed by atoms with E-state index in [0.29, 0.717) is 5.56 Å². The van der Waals surface area contributed by atoms with Crippen LogP contribution in [0.5, 0.6) is 0 Å². The fourth-order valence-corrected chi connectivity index (χ4v) is 2.36. The second kappa shape index (κ2) is 2.85. The molecule has 2 nitrogen and oxygen atoms in total. The van der Waals surface area contributed by atoms with Crippen LogP contribution in [0.25, 0.3) is 10.1 Å². The normalized spacial score (nSPS) is 10.5. The highest BCUT2D eigenvalue weighted by Crippen LogP contribution is 2.32. The van der Waals surface area contributed by atoms with Gasteiger partial charge in [0.1, 0.15) is 6.29 Å². The van der Waals surface area contributed by atoms with E-state index in [1.165, 1.54) is 0 Å². The largest absolute Gasteiger partial charge is 0.397 e. The Morgan fingerprint density at radius 3 is 2.92 bits per heavy atom. The smallest absolute Gasteiger partial charge is 0.150 e. The van der Waals surface area contributed by atoms with Crippen molar-refractivity contribution in [2.45, 2.75) is 6.92 Å². The van der Waals surface area contributed by atoms with E-state index < -0.39 is 0 Å². The summed E-state index contributed by atoms with van der Waals surface area (Å²) in [5, 5.41) is 1.05. The minimum atomic E-state index is 0.703. The maximum absolute atomic E-state index is 10.5. The van der Waals surface area contributed by atoms with Crippen LogP contribution in [-0.4, -0.2) is 6.29 Å². The second-order valence-electron chi connectivity index (χ2n) is 2.95. The summed E-state index contributed by atoms with van der Waals surface area (Å²) in [5.74, 6) is 0. The predicted octanol–water partition coefficient (Wildman–Crippen LogP) is 2.60. The Morgan fingerprint density at radius 2 is 2.23 bits per heavy atom. The fourth-order valence-electron chi connectivity index (χ4n) is 1.33. The Bertz CT molecular complexity index is 473. The molecule has 0 aliphatic carbocycles. The zero-order valence-corrected chi connectivity index (χ0v) is 8.02. The van der Waals surface area contributed by atoms with E-state index in [1.54, 1.807) is 17.4 Å². The Balaban J connectivity index is 2.79. The van der Waals surface area contributed by atoms with E-state index in [-0.39, 0.29) is 0 Å². The van der Waals surface area contributed by atoms with E-state index in [4.69, 9.17) is 5.73 Å². The molecule has 1 aromatic carbocycles. The van der Waals surface area contributed by atoms with Crippen molar-refractivity contribution >= 4 is 33.4 Å². The van der Waals surface area contributed by atoms with Crippen molar-refractivity contribution in [1.29, 1.82) is 0 Å². The molecule has 0 bridgehead atoms. The summed E-state index contributed by atoms with van der Waals surface area (Å²) < 4.78 is 1.08. The highest BCUT2D eigenvalue weighted by atomic mass is 32.1. The Kier molecular flexibility index (Phi) is 1.81. The second-order valence-corrected chi connectivity index (χ2v) is 4.20. The van der Waals surface area contributed by atoms with E-state index in [1.807, 2.05) is 19.1 Å². The number of carbonyl (C=O) groups excluding carboxylic acids is 1. The lowest BCUT2D eigenvalue weighted by Crippen LogP contribution is -1.84. The number of nitrogen functional groups attached to an aromatic ring is 1. The zero-order valence-electron chi connectivity index (χ0n) is 7.20. The van der Waals surface area contributed by atoms with Crippen molar-refractivity contribution in [1.82, 2.24) is 0 Å². The predicted molar refractivity (Wildman–Crippen MR) is 56.4 cm³/mol. The lowest BCUT2D eigenvalue weighted by atomic mass is 10.2. The average molecular weight is 191 g/mol. The molecular formula is C10H9NOS. The first-order valence-corrected chi connectivity index (χ1v) is 4.78. The maximum atomic E-state index is 10.5. The third kappa shape index (κ3) is 1.21. The van der Waals surface area contributed by atoms with Crippen LogP contribution in [0.15, 0.2) is 18.2 Å². The first kappa shape index (κ1) is 8.26. The number of nitrogens with two attached hydrogens (primary N) is 1. The number of aldehydes is 1. The van der Waals surface area contributed by atoms with Crippen molar-refractivity contribution in [3.05, 3.63) is 28.6 Å². The van der Waals surface area contributed by atoms with Gasteiger partial charge in [-0.2, -0.15) is 0 Å². The lowest BCUT2D eigenvalue weighted by molar-refractivity contribution is 0.112. The van der Waals surface area contributed by atoms with Gasteiger partial charge in [0.15, 0.2) is 0 Å². The molecule has 0 aliphatic heterocycles. The fraction of sp³-hybridized carbons (Fsp3) is 0.100. The number of hydrogen-bond acceptors (Lipinski definition) is 3. The Morgan fingerprint density at radius 1 is 1.46 bits per heavy atom. The molecule has 0 fully saturated rings. The van der Waals surface area contributed by atoms with Crippen molar-refractivity contribution < 1.29 is 4.79 Å². The number of rotatable bonds is 1. The molecule has 2 rings (SSSR count). The van der Waals surface area contributed by atoms with Gasteiger partial charge in [0.2, 0.25) is 0 Å². The summed E-state index contributed by atoms with van der Waals surface area (Å²) in [6, 6.07) is 5.56. The van der Waals surface area contributed by atoms with E-state index >= 15 is 0 Å². The molecular weight excluding hydrogens is 182 g/mol. The van der Waals surface area contributed by atoms with Gasteiger partial charge in [-0.05, 0) is 13.0 Å². The van der Waals surface area contributed by atoms with Gasteiger partial charge in [0.05, 0.1) is 5.69 Å². The van der Waals surface area contributed by atoms with Gasteiger partial charge in [-0.15, -0.1) is 11.3 Å². The summed E-state index contributed by atoms with van der Waals surface area (Å²) in [4.78, 5) is 11.6. The molecule has 1 heterocycles. The van der Waals surface area contributed by atoms with Gasteiger partial charge >= 0.3 is 0 Å². The van der Waals surface area contributed by atoms with Gasteiger partial charge in [-0.1, -0.05) is 12.1 Å². The topological polar surface area (TPSA) is 43.1 Å². The summed E-state index contributed by atoms with van der Waals surface area (Å²) in [5.41, 5.74) is 7.39. The molecule has 2 aromatic rings. The molecule has 0 amide bonds. The van der Waals surface area contributed by atoms with Crippen LogP contribution < -0.4 is 5.73 Å². The minimum Gasteiger partial charge on any atom is -0.397 e. The molecule has 0 spiro atoms. The van der Waals surface area contributed by atoms with Crippen molar-refractivity contribution in [3.63, 3.8) is 0 Å². The van der Waals surface area contributed by atoms with Gasteiger partial charge in [-0.25, -0.2) is 0 Å². The molecule has 13 heavy (non-hydrogen) atoms. The number of hydrogen-bond donors (Lipinski definition) is 1. The van der Waals surface area contributed by atoms with Crippen LogP contribution in [0.3, 0.4) is 0 Å². The molecule has 0 atom stereocenters. The SMILES string of the molecule is Cc1sc2cc(C=O)ccc2c1N. The summed E-state index contributed by atoms with van der Waals surface area (Å²) in [7, 11) is 0.